The first-order chi connectivity index (χ1) is 8.86. The van der Waals surface area contributed by atoms with Gasteiger partial charge < -0.3 is 0 Å². The molecular formula is C15H9NS2. The summed E-state index contributed by atoms with van der Waals surface area (Å²) in [6.45, 7) is 0. The second-order valence-corrected chi connectivity index (χ2v) is 5.86. The molecule has 1 aromatic carbocycles. The van der Waals surface area contributed by atoms with E-state index in [2.05, 4.69) is 35.7 Å². The molecule has 3 rings (SSSR count). The van der Waals surface area contributed by atoms with Crippen molar-refractivity contribution in [3.63, 3.8) is 0 Å². The lowest BCUT2D eigenvalue weighted by Gasteiger charge is -1.96. The summed E-state index contributed by atoms with van der Waals surface area (Å²) in [5.74, 6) is 0. The van der Waals surface area contributed by atoms with Gasteiger partial charge in [0.05, 0.1) is 11.6 Å². The van der Waals surface area contributed by atoms with E-state index in [0.29, 0.717) is 5.56 Å². The number of nitriles is 1. The molecule has 0 radical (unpaired) electrons. The summed E-state index contributed by atoms with van der Waals surface area (Å²) in [7, 11) is 0. The van der Waals surface area contributed by atoms with Crippen LogP contribution in [0.3, 0.4) is 0 Å². The van der Waals surface area contributed by atoms with E-state index >= 15 is 0 Å². The fraction of sp³-hybridized carbons (Fsp3) is 0. The van der Waals surface area contributed by atoms with Crippen molar-refractivity contribution in [2.75, 3.05) is 0 Å². The predicted octanol–water partition coefficient (Wildman–Crippen LogP) is 5.02. The third kappa shape index (κ3) is 2.08. The van der Waals surface area contributed by atoms with Crippen molar-refractivity contribution >= 4 is 22.7 Å². The van der Waals surface area contributed by atoms with Gasteiger partial charge in [-0.15, -0.1) is 22.7 Å². The average Bonchev–Trinajstić information content (AvgIpc) is 3.09. The van der Waals surface area contributed by atoms with Gasteiger partial charge in [-0.1, -0.05) is 18.2 Å². The lowest BCUT2D eigenvalue weighted by Crippen LogP contribution is -1.74. The molecule has 0 unspecified atom stereocenters. The molecule has 0 fully saturated rings. The molecule has 1 nitrogen and oxygen atoms in total. The Morgan fingerprint density at radius 2 is 1.61 bits per heavy atom. The molecule has 86 valence electrons. The molecule has 0 spiro atoms. The molecule has 3 aromatic rings. The van der Waals surface area contributed by atoms with Crippen molar-refractivity contribution in [1.82, 2.24) is 0 Å². The Morgan fingerprint density at radius 3 is 2.28 bits per heavy atom. The molecule has 0 aliphatic rings. The Hall–Kier alpha value is -1.89. The Balaban J connectivity index is 1.95. The molecule has 0 saturated carbocycles. The number of hydrogen-bond acceptors (Lipinski definition) is 3. The molecule has 2 heterocycles. The summed E-state index contributed by atoms with van der Waals surface area (Å²) >= 11 is 3.54. The first-order valence-corrected chi connectivity index (χ1v) is 7.21. The standard InChI is InChI=1S/C15H9NS2/c16-10-11-3-5-12(6-4-11)13-7-8-15(18-13)14-2-1-9-17-14/h1-9H. The van der Waals surface area contributed by atoms with Crippen LogP contribution in [0.1, 0.15) is 5.56 Å². The van der Waals surface area contributed by atoms with E-state index in [1.54, 1.807) is 22.7 Å². The van der Waals surface area contributed by atoms with Crippen LogP contribution in [0, 0.1) is 11.3 Å². The Bertz CT molecular complexity index is 685. The fourth-order valence-corrected chi connectivity index (χ4v) is 3.60. The van der Waals surface area contributed by atoms with Crippen LogP contribution in [0.4, 0.5) is 0 Å². The zero-order chi connectivity index (χ0) is 12.4. The van der Waals surface area contributed by atoms with Gasteiger partial charge >= 0.3 is 0 Å². The topological polar surface area (TPSA) is 23.8 Å². The largest absolute Gasteiger partial charge is 0.192 e. The normalized spacial score (nSPS) is 10.2. The minimum atomic E-state index is 0.703. The van der Waals surface area contributed by atoms with Crippen molar-refractivity contribution in [3.05, 3.63) is 59.5 Å². The summed E-state index contributed by atoms with van der Waals surface area (Å²) in [6.07, 6.45) is 0. The van der Waals surface area contributed by atoms with Crippen LogP contribution in [-0.4, -0.2) is 0 Å². The summed E-state index contributed by atoms with van der Waals surface area (Å²) in [6, 6.07) is 18.4. The first-order valence-electron chi connectivity index (χ1n) is 5.51. The highest BCUT2D eigenvalue weighted by Gasteiger charge is 2.05. The SMILES string of the molecule is N#Cc1ccc(-c2ccc(-c3cccs3)s2)cc1. The van der Waals surface area contributed by atoms with Crippen molar-refractivity contribution < 1.29 is 0 Å². The van der Waals surface area contributed by atoms with Crippen LogP contribution >= 0.6 is 22.7 Å². The van der Waals surface area contributed by atoms with Gasteiger partial charge in [-0.3, -0.25) is 0 Å². The zero-order valence-electron chi connectivity index (χ0n) is 9.46. The zero-order valence-corrected chi connectivity index (χ0v) is 11.1. The number of thiophene rings is 2. The molecular weight excluding hydrogens is 258 g/mol. The molecule has 0 aliphatic carbocycles. The third-order valence-corrected chi connectivity index (χ3v) is 4.87. The lowest BCUT2D eigenvalue weighted by molar-refractivity contribution is 1.49. The van der Waals surface area contributed by atoms with E-state index in [4.69, 9.17) is 5.26 Å². The number of nitrogens with zero attached hydrogens (tertiary/aromatic N) is 1. The van der Waals surface area contributed by atoms with Crippen LogP contribution in [0.2, 0.25) is 0 Å². The van der Waals surface area contributed by atoms with Crippen molar-refractivity contribution in [2.45, 2.75) is 0 Å². The molecule has 0 atom stereocenters. The van der Waals surface area contributed by atoms with E-state index in [-0.39, 0.29) is 0 Å². The fourth-order valence-electron chi connectivity index (χ4n) is 1.75. The molecule has 2 aromatic heterocycles. The van der Waals surface area contributed by atoms with E-state index in [0.717, 1.165) is 0 Å². The second-order valence-electron chi connectivity index (χ2n) is 3.83. The van der Waals surface area contributed by atoms with Gasteiger partial charge in [0.15, 0.2) is 0 Å². The second kappa shape index (κ2) is 4.77. The van der Waals surface area contributed by atoms with Crippen LogP contribution < -0.4 is 0 Å². The van der Waals surface area contributed by atoms with Gasteiger partial charge in [0, 0.05) is 14.6 Å². The Morgan fingerprint density at radius 1 is 0.833 bits per heavy atom. The molecule has 0 N–H and O–H groups in total. The van der Waals surface area contributed by atoms with Gasteiger partial charge in [-0.25, -0.2) is 0 Å². The van der Waals surface area contributed by atoms with Gasteiger partial charge in [-0.2, -0.15) is 5.26 Å². The lowest BCUT2D eigenvalue weighted by atomic mass is 10.1. The van der Waals surface area contributed by atoms with Crippen LogP contribution in [0.5, 0.6) is 0 Å². The van der Waals surface area contributed by atoms with Crippen LogP contribution in [0.25, 0.3) is 20.2 Å². The summed E-state index contributed by atoms with van der Waals surface area (Å²) in [5.41, 5.74) is 1.87. The highest BCUT2D eigenvalue weighted by atomic mass is 32.1. The van der Waals surface area contributed by atoms with Gasteiger partial charge in [0.25, 0.3) is 0 Å². The van der Waals surface area contributed by atoms with Gasteiger partial charge in [-0.05, 0) is 41.3 Å². The number of benzene rings is 1. The molecule has 0 saturated heterocycles. The van der Waals surface area contributed by atoms with Crippen LogP contribution in [0.15, 0.2) is 53.9 Å². The quantitative estimate of drug-likeness (QED) is 0.640. The maximum atomic E-state index is 8.78. The van der Waals surface area contributed by atoms with Crippen molar-refractivity contribution in [2.24, 2.45) is 0 Å². The van der Waals surface area contributed by atoms with E-state index in [1.165, 1.54) is 20.2 Å². The minimum absolute atomic E-state index is 0.703. The summed E-state index contributed by atoms with van der Waals surface area (Å²) < 4.78 is 0. The Labute approximate surface area is 114 Å². The summed E-state index contributed by atoms with van der Waals surface area (Å²) in [5, 5.41) is 10.9. The van der Waals surface area contributed by atoms with E-state index in [9.17, 15) is 0 Å². The van der Waals surface area contributed by atoms with E-state index < -0.39 is 0 Å². The maximum Gasteiger partial charge on any atom is 0.0991 e. The van der Waals surface area contributed by atoms with Crippen molar-refractivity contribution in [3.8, 4) is 26.3 Å². The van der Waals surface area contributed by atoms with E-state index in [1.807, 2.05) is 24.3 Å². The first kappa shape index (κ1) is 11.2. The molecule has 0 amide bonds. The molecule has 3 heteroatoms. The van der Waals surface area contributed by atoms with Gasteiger partial charge in [0.1, 0.15) is 0 Å². The average molecular weight is 267 g/mol. The monoisotopic (exact) mass is 267 g/mol. The molecule has 18 heavy (non-hydrogen) atoms. The van der Waals surface area contributed by atoms with Crippen LogP contribution in [-0.2, 0) is 0 Å². The third-order valence-electron chi connectivity index (χ3n) is 2.67. The predicted molar refractivity (Wildman–Crippen MR) is 77.8 cm³/mol. The summed E-state index contributed by atoms with van der Waals surface area (Å²) in [4.78, 5) is 3.84. The maximum absolute atomic E-state index is 8.78. The van der Waals surface area contributed by atoms with Crippen molar-refractivity contribution in [1.29, 1.82) is 5.26 Å². The van der Waals surface area contributed by atoms with Gasteiger partial charge in [0.2, 0.25) is 0 Å². The molecule has 0 bridgehead atoms. The highest BCUT2D eigenvalue weighted by Crippen LogP contribution is 2.36. The Kier molecular flexibility index (Phi) is 2.97. The minimum Gasteiger partial charge on any atom is -0.192 e. The highest BCUT2D eigenvalue weighted by molar-refractivity contribution is 7.23. The smallest absolute Gasteiger partial charge is 0.0991 e. The number of hydrogen-bond donors (Lipinski definition) is 0. The number of rotatable bonds is 2. The molecule has 0 aliphatic heterocycles.